The summed E-state index contributed by atoms with van der Waals surface area (Å²) in [5, 5.41) is 89.9. The van der Waals surface area contributed by atoms with Gasteiger partial charge in [-0.1, -0.05) is 107 Å². The van der Waals surface area contributed by atoms with Crippen molar-refractivity contribution >= 4 is 25.5 Å². The number of rotatable bonds is 22. The molecule has 0 spiro atoms. The number of Topliss-reactive ketones (excluding diaryl/α,β-unsaturated/α-hetero) is 1. The number of carbonyl (C=O) groups excluding carboxylic acids is 3. The molecule has 67 heavy (non-hydrogen) atoms. The largest absolute Gasteiger partial charge is 0.472 e. The third kappa shape index (κ3) is 25.0. The van der Waals surface area contributed by atoms with Crippen LogP contribution in [-0.2, 0) is 37.5 Å². The van der Waals surface area contributed by atoms with Crippen LogP contribution in [0.5, 0.6) is 0 Å². The van der Waals surface area contributed by atoms with E-state index < -0.39 is 124 Å². The Kier molecular flexibility index (Phi) is 30.9. The average Bonchev–Trinajstić information content (AvgIpc) is 3.29. The molecule has 9 N–H and O–H groups in total. The van der Waals surface area contributed by atoms with Gasteiger partial charge in [0.25, 0.3) is 0 Å². The number of aliphatic hydroxyl groups excluding tert-OH is 8. The van der Waals surface area contributed by atoms with Gasteiger partial charge in [-0.05, 0) is 64.2 Å². The molecule has 18 heteroatoms. The zero-order chi connectivity index (χ0) is 49.6. The van der Waals surface area contributed by atoms with E-state index in [0.29, 0.717) is 19.3 Å². The summed E-state index contributed by atoms with van der Waals surface area (Å²) < 4.78 is 34.5. The molecule has 0 amide bonds. The number of phosphoric acid groups is 1. The summed E-state index contributed by atoms with van der Waals surface area (Å²) in [4.78, 5) is 49.6. The lowest BCUT2D eigenvalue weighted by Crippen LogP contribution is -2.56. The first-order valence-corrected chi connectivity index (χ1v) is 25.8. The van der Waals surface area contributed by atoms with Crippen molar-refractivity contribution in [3.63, 3.8) is 0 Å². The molecule has 1 heterocycles. The number of aliphatic hydroxyl groups is 8. The summed E-state index contributed by atoms with van der Waals surface area (Å²) in [7, 11) is -5.50. The highest BCUT2D eigenvalue weighted by Crippen LogP contribution is 2.47. The summed E-state index contributed by atoms with van der Waals surface area (Å²) in [6, 6.07) is 0. The van der Waals surface area contributed by atoms with Gasteiger partial charge in [0.15, 0.2) is 6.10 Å². The first kappa shape index (κ1) is 60.2. The molecule has 13 atom stereocenters. The molecule has 2 fully saturated rings. The lowest BCUT2D eigenvalue weighted by Gasteiger charge is -2.37. The fraction of sp³-hybridized carbons (Fsp3) is 0.735. The van der Waals surface area contributed by atoms with Crippen molar-refractivity contribution in [3.8, 4) is 0 Å². The zero-order valence-electron chi connectivity index (χ0n) is 39.5. The number of esters is 2. The minimum Gasteiger partial charge on any atom is -0.462 e. The Hall–Kier alpha value is -2.90. The van der Waals surface area contributed by atoms with Gasteiger partial charge in [0.05, 0.1) is 37.1 Å². The molecular formula is C49H81O17P. The lowest BCUT2D eigenvalue weighted by molar-refractivity contribution is -0.168. The first-order valence-electron chi connectivity index (χ1n) is 24.3. The predicted molar refractivity (Wildman–Crippen MR) is 251 cm³/mol. The summed E-state index contributed by atoms with van der Waals surface area (Å²) >= 11 is 0. The van der Waals surface area contributed by atoms with Crippen molar-refractivity contribution < 1.29 is 83.2 Å². The Morgan fingerprint density at radius 3 is 2.06 bits per heavy atom. The second-order valence-corrected chi connectivity index (χ2v) is 19.0. The molecule has 2 bridgehead atoms. The Morgan fingerprint density at radius 2 is 1.39 bits per heavy atom. The van der Waals surface area contributed by atoms with Crippen LogP contribution < -0.4 is 0 Å². The van der Waals surface area contributed by atoms with Gasteiger partial charge in [-0.2, -0.15) is 0 Å². The predicted octanol–water partition coefficient (Wildman–Crippen LogP) is 5.28. The minimum absolute atomic E-state index is 0.0513. The average molecular weight is 973 g/mol. The number of ether oxygens (including phenoxy) is 2. The van der Waals surface area contributed by atoms with Crippen LogP contribution in [0.4, 0.5) is 0 Å². The van der Waals surface area contributed by atoms with Gasteiger partial charge in [0.1, 0.15) is 36.8 Å². The molecule has 0 aromatic heterocycles. The van der Waals surface area contributed by atoms with Gasteiger partial charge in [-0.15, -0.1) is 0 Å². The van der Waals surface area contributed by atoms with Crippen LogP contribution in [0, 0.1) is 11.8 Å². The van der Waals surface area contributed by atoms with Crippen molar-refractivity contribution in [2.24, 2.45) is 11.8 Å². The molecule has 0 aromatic carbocycles. The summed E-state index contributed by atoms with van der Waals surface area (Å²) in [5.41, 5.74) is 0. The molecule has 17 nitrogen and oxygen atoms in total. The van der Waals surface area contributed by atoms with Crippen LogP contribution in [0.25, 0.3) is 0 Å². The number of cyclic esters (lactones) is 1. The first-order chi connectivity index (χ1) is 32.0. The van der Waals surface area contributed by atoms with E-state index in [1.807, 2.05) is 6.92 Å². The molecule has 384 valence electrons. The molecule has 1 aliphatic carbocycles. The van der Waals surface area contributed by atoms with Crippen LogP contribution in [-0.4, -0.2) is 138 Å². The van der Waals surface area contributed by atoms with Gasteiger partial charge >= 0.3 is 19.8 Å². The Bertz CT molecular complexity index is 1600. The second kappa shape index (κ2) is 34.4. The third-order valence-corrected chi connectivity index (χ3v) is 12.8. The van der Waals surface area contributed by atoms with E-state index in [-0.39, 0.29) is 32.1 Å². The standard InChI is InChI=1S/C49H81O17P/c1-3-5-7-8-9-10-11-12-13-14-15-16-17-18-19-20-22-27-42(54)63-33-37-34-64-67(61,62)66-49-47(59)44(56)38(30-29-35(50)25-21-6-4-2)40(52)32-41(53)39(45(57)46(58)48(49)60)31-36(51)26-23-24-28-43(55)65-37/h5,7,9-10,12-13,15-16,29-30,35,37-41,44-50,52-53,56-60H,3-4,6,8,11,14,17-28,31-34H2,1-2H3,(H,61,62)/b7-5-,10-9-,13-12-,16-15-,30-29+/t35-,37+,38-,39-,40+,41-,44+,45+,46-,47+,48+,49+/m0/s1. The summed E-state index contributed by atoms with van der Waals surface area (Å²) in [6.07, 6.45) is 8.68. The lowest BCUT2D eigenvalue weighted by atomic mass is 9.82. The molecule has 1 aliphatic heterocycles. The topological polar surface area (TPSA) is 287 Å². The number of unbranched alkanes of at least 4 members (excludes halogenated alkanes) is 6. The quantitative estimate of drug-likeness (QED) is 0.0289. The number of allylic oxidation sites excluding steroid dienone is 8. The Morgan fingerprint density at radius 1 is 0.761 bits per heavy atom. The molecule has 2 rings (SSSR count). The maximum Gasteiger partial charge on any atom is 0.472 e. The molecule has 0 radical (unpaired) electrons. The fourth-order valence-corrected chi connectivity index (χ4v) is 8.78. The zero-order valence-corrected chi connectivity index (χ0v) is 40.4. The molecule has 1 saturated heterocycles. The van der Waals surface area contributed by atoms with E-state index in [0.717, 1.165) is 64.2 Å². The van der Waals surface area contributed by atoms with E-state index in [1.54, 1.807) is 0 Å². The summed E-state index contributed by atoms with van der Waals surface area (Å²) in [6.45, 7) is 2.58. The molecule has 2 aliphatic rings. The van der Waals surface area contributed by atoms with Crippen molar-refractivity contribution in [3.05, 3.63) is 60.8 Å². The van der Waals surface area contributed by atoms with Crippen LogP contribution in [0.3, 0.4) is 0 Å². The number of fused-ring (bicyclic) bond motifs is 4. The second-order valence-electron chi connectivity index (χ2n) is 17.5. The van der Waals surface area contributed by atoms with Gasteiger partial charge in [-0.25, -0.2) is 4.57 Å². The van der Waals surface area contributed by atoms with Crippen molar-refractivity contribution in [1.29, 1.82) is 0 Å². The third-order valence-electron chi connectivity index (χ3n) is 11.8. The Balaban J connectivity index is 2.15. The number of hydrogen-bond donors (Lipinski definition) is 9. The van der Waals surface area contributed by atoms with E-state index in [1.165, 1.54) is 12.2 Å². The van der Waals surface area contributed by atoms with Crippen LogP contribution >= 0.6 is 7.82 Å². The van der Waals surface area contributed by atoms with E-state index in [2.05, 4.69) is 55.5 Å². The van der Waals surface area contributed by atoms with Gasteiger partial charge < -0.3 is 55.2 Å². The molecule has 0 aromatic rings. The van der Waals surface area contributed by atoms with E-state index in [9.17, 15) is 64.7 Å². The van der Waals surface area contributed by atoms with Crippen LogP contribution in [0.15, 0.2) is 60.8 Å². The van der Waals surface area contributed by atoms with Crippen molar-refractivity contribution in [2.45, 2.75) is 203 Å². The normalized spacial score (nSPS) is 32.0. The Labute approximate surface area is 396 Å². The van der Waals surface area contributed by atoms with Crippen molar-refractivity contribution in [1.82, 2.24) is 0 Å². The minimum atomic E-state index is -5.50. The number of phosphoric ester groups is 1. The van der Waals surface area contributed by atoms with Crippen LogP contribution in [0.2, 0.25) is 0 Å². The molecule has 1 unspecified atom stereocenters. The molecular weight excluding hydrogens is 891 g/mol. The maximum atomic E-state index is 13.5. The fourth-order valence-electron chi connectivity index (χ4n) is 7.81. The molecule has 1 saturated carbocycles. The number of ketones is 1. The van der Waals surface area contributed by atoms with E-state index >= 15 is 0 Å². The summed E-state index contributed by atoms with van der Waals surface area (Å²) in [5.74, 6) is -5.05. The van der Waals surface area contributed by atoms with E-state index in [4.69, 9.17) is 18.5 Å². The smallest absolute Gasteiger partial charge is 0.462 e. The van der Waals surface area contributed by atoms with Crippen molar-refractivity contribution in [2.75, 3.05) is 13.2 Å². The maximum absolute atomic E-state index is 13.5. The van der Waals surface area contributed by atoms with Gasteiger partial charge in [0, 0.05) is 43.9 Å². The SMILES string of the molecule is CC/C=C\C/C=C\C/C=C\C/C=C\CCCCCCC(=O)OC[C@@H]1COP(=O)(O)O[C@H]2[C@H](O)[C@@H](O)[C@H](O)[C@@H](CC(=O)CCCCC(=O)O1)[C@@H](O)C[C@@H](O)[C@H](/C=C/[C@@H](O)CCCCC)[C@@H](O)[C@H]2O. The highest BCUT2D eigenvalue weighted by atomic mass is 31.2. The number of hydrogen-bond acceptors (Lipinski definition) is 16. The van der Waals surface area contributed by atoms with Gasteiger partial charge in [0.2, 0.25) is 0 Å². The number of carbonyl (C=O) groups is 3. The van der Waals surface area contributed by atoms with Gasteiger partial charge in [-0.3, -0.25) is 23.4 Å². The highest BCUT2D eigenvalue weighted by molar-refractivity contribution is 7.47. The highest BCUT2D eigenvalue weighted by Gasteiger charge is 2.49. The van der Waals surface area contributed by atoms with Crippen LogP contribution in [0.1, 0.15) is 142 Å². The monoisotopic (exact) mass is 973 g/mol.